The minimum absolute atomic E-state index is 0.0452. The van der Waals surface area contributed by atoms with E-state index in [0.29, 0.717) is 5.92 Å². The first-order valence-corrected chi connectivity index (χ1v) is 12.1. The third-order valence-electron chi connectivity index (χ3n) is 5.73. The fraction of sp³-hybridized carbons (Fsp3) is 0.476. The van der Waals surface area contributed by atoms with Gasteiger partial charge in [0.25, 0.3) is 0 Å². The van der Waals surface area contributed by atoms with Crippen molar-refractivity contribution in [1.82, 2.24) is 20.2 Å². The van der Waals surface area contributed by atoms with Crippen LogP contribution < -0.4 is 4.48 Å². The molecule has 0 bridgehead atoms. The number of aliphatic hydroxyl groups excluding tert-OH is 1. The summed E-state index contributed by atoms with van der Waals surface area (Å²) in [6.07, 6.45) is 9.98. The Hall–Kier alpha value is -1.71. The second-order valence-corrected chi connectivity index (χ2v) is 9.86. The molecule has 1 aliphatic rings. The van der Waals surface area contributed by atoms with Crippen LogP contribution in [0.5, 0.6) is 0 Å². The van der Waals surface area contributed by atoms with Crippen LogP contribution in [0.4, 0.5) is 0 Å². The van der Waals surface area contributed by atoms with Crippen molar-refractivity contribution in [2.45, 2.75) is 49.8 Å². The van der Waals surface area contributed by atoms with E-state index >= 15 is 0 Å². The number of nitrogens with zero attached hydrogens (tertiary/aromatic N) is 3. The molecular weight excluding hydrogens is 399 g/mol. The van der Waals surface area contributed by atoms with Crippen LogP contribution in [0, 0.1) is 11.8 Å². The number of aliphatic hydroxyl groups is 1. The molecule has 1 aromatic carbocycles. The molecule has 1 atom stereocenters. The van der Waals surface area contributed by atoms with Gasteiger partial charge in [-0.15, -0.1) is 0 Å². The topological polar surface area (TPSA) is 74.7 Å². The van der Waals surface area contributed by atoms with Gasteiger partial charge in [0.15, 0.2) is 0 Å². The number of aromatic amines is 1. The summed E-state index contributed by atoms with van der Waals surface area (Å²) in [5, 5.41) is 19.9. The molecule has 5 nitrogen and oxygen atoms in total. The third kappa shape index (κ3) is 4.77. The Balaban J connectivity index is 1.22. The molecule has 1 saturated carbocycles. The fourth-order valence-electron chi connectivity index (χ4n) is 4.04. The van der Waals surface area contributed by atoms with Crippen molar-refractivity contribution in [3.63, 3.8) is 0 Å². The van der Waals surface area contributed by atoms with Crippen LogP contribution >= 0.6 is 0 Å². The fourth-order valence-corrected chi connectivity index (χ4v) is 6.70. The molecule has 3 aromatic rings. The Kier molecular flexibility index (Phi) is 6.20. The number of hydrogen-bond donors (Lipinski definition) is 2. The Morgan fingerprint density at radius 3 is 2.74 bits per heavy atom. The van der Waals surface area contributed by atoms with Crippen LogP contribution in [0.1, 0.15) is 37.7 Å². The number of aromatic nitrogens is 4. The van der Waals surface area contributed by atoms with Gasteiger partial charge in [0.05, 0.1) is 0 Å². The molecule has 1 aliphatic carbocycles. The van der Waals surface area contributed by atoms with Gasteiger partial charge < -0.3 is 0 Å². The average Bonchev–Trinajstić information content (AvgIpc) is 3.21. The Morgan fingerprint density at radius 2 is 1.93 bits per heavy atom. The summed E-state index contributed by atoms with van der Waals surface area (Å²) in [5.41, 5.74) is 2.17. The van der Waals surface area contributed by atoms with E-state index in [-0.39, 0.29) is 21.9 Å². The van der Waals surface area contributed by atoms with Crippen molar-refractivity contribution in [1.29, 1.82) is 0 Å². The number of benzene rings is 1. The zero-order valence-electron chi connectivity index (χ0n) is 15.5. The van der Waals surface area contributed by atoms with Crippen molar-refractivity contribution in [2.75, 3.05) is 0 Å². The number of nitrogens with one attached hydrogen (secondary N) is 1. The van der Waals surface area contributed by atoms with Crippen molar-refractivity contribution in [2.24, 2.45) is 11.8 Å². The molecule has 0 spiro atoms. The predicted molar refractivity (Wildman–Crippen MR) is 108 cm³/mol. The second kappa shape index (κ2) is 8.99. The Bertz CT molecular complexity index is 846. The molecule has 1 radical (unpaired) electrons. The van der Waals surface area contributed by atoms with E-state index in [1.807, 2.05) is 12.3 Å². The van der Waals surface area contributed by atoms with E-state index < -0.39 is 0 Å². The molecule has 2 N–H and O–H groups in total. The monoisotopic (exact) mass is 425 g/mol. The summed E-state index contributed by atoms with van der Waals surface area (Å²) in [7, 11) is 0. The van der Waals surface area contributed by atoms with Crippen molar-refractivity contribution in [3.8, 4) is 0 Å². The molecule has 1 unspecified atom stereocenters. The maximum absolute atomic E-state index is 10.6. The standard InChI is InChI=1S/C21H26AsN4O/c27-19(11-8-15-4-2-1-3-5-15)17-9-6-16(7-10-17)12-22-20-18-13-25-26-21(18)24-14-23-20/h1-5,13-14,16-17,19,27H,6-12H2,(H,23,24,25,26). The quantitative estimate of drug-likeness (QED) is 0.571. The molecular formula is C21H26AsN4O. The molecule has 27 heavy (non-hydrogen) atoms. The van der Waals surface area contributed by atoms with Gasteiger partial charge in [0.2, 0.25) is 0 Å². The predicted octanol–water partition coefficient (Wildman–Crippen LogP) is 2.90. The number of rotatable bonds is 7. The molecule has 2 heterocycles. The average molecular weight is 425 g/mol. The third-order valence-corrected chi connectivity index (χ3v) is 8.58. The van der Waals surface area contributed by atoms with Crippen LogP contribution in [0.2, 0.25) is 5.21 Å². The van der Waals surface area contributed by atoms with Crippen molar-refractivity contribution in [3.05, 3.63) is 48.4 Å². The van der Waals surface area contributed by atoms with Gasteiger partial charge in [0.1, 0.15) is 0 Å². The van der Waals surface area contributed by atoms with E-state index in [1.54, 1.807) is 6.33 Å². The number of H-pyrrole nitrogens is 1. The summed E-state index contributed by atoms with van der Waals surface area (Å²) >= 11 is 0.0452. The maximum atomic E-state index is 10.6. The molecule has 0 amide bonds. The summed E-state index contributed by atoms with van der Waals surface area (Å²) in [6.45, 7) is 0. The van der Waals surface area contributed by atoms with Crippen LogP contribution in [-0.2, 0) is 6.42 Å². The van der Waals surface area contributed by atoms with Gasteiger partial charge in [0, 0.05) is 0 Å². The van der Waals surface area contributed by atoms with Gasteiger partial charge in [-0.05, 0) is 0 Å². The molecule has 2 aromatic heterocycles. The van der Waals surface area contributed by atoms with Crippen molar-refractivity contribution >= 4 is 31.3 Å². The van der Waals surface area contributed by atoms with Crippen LogP contribution in [-0.4, -0.2) is 47.1 Å². The molecule has 141 valence electrons. The van der Waals surface area contributed by atoms with E-state index in [0.717, 1.165) is 42.6 Å². The Labute approximate surface area is 166 Å². The normalized spacial score (nSPS) is 21.8. The number of fused-ring (bicyclic) bond motifs is 1. The summed E-state index contributed by atoms with van der Waals surface area (Å²) in [5.74, 6) is 1.25. The molecule has 6 heteroatoms. The molecule has 0 saturated heterocycles. The van der Waals surface area contributed by atoms with Gasteiger partial charge in [-0.1, -0.05) is 0 Å². The molecule has 4 rings (SSSR count). The second-order valence-electron chi connectivity index (χ2n) is 7.54. The van der Waals surface area contributed by atoms with Crippen LogP contribution in [0.15, 0.2) is 42.9 Å². The van der Waals surface area contributed by atoms with E-state index in [9.17, 15) is 5.11 Å². The van der Waals surface area contributed by atoms with Crippen LogP contribution in [0.3, 0.4) is 0 Å². The van der Waals surface area contributed by atoms with Gasteiger partial charge in [-0.3, -0.25) is 0 Å². The van der Waals surface area contributed by atoms with E-state index in [1.165, 1.54) is 28.1 Å². The summed E-state index contributed by atoms with van der Waals surface area (Å²) in [4.78, 5) is 8.71. The first kappa shape index (κ1) is 18.6. The van der Waals surface area contributed by atoms with Gasteiger partial charge in [-0.25, -0.2) is 0 Å². The van der Waals surface area contributed by atoms with E-state index in [4.69, 9.17) is 0 Å². The van der Waals surface area contributed by atoms with Gasteiger partial charge >= 0.3 is 167 Å². The van der Waals surface area contributed by atoms with Crippen molar-refractivity contribution < 1.29 is 5.11 Å². The van der Waals surface area contributed by atoms with Crippen LogP contribution in [0.25, 0.3) is 11.0 Å². The Morgan fingerprint density at radius 1 is 1.11 bits per heavy atom. The SMILES string of the molecule is OC(CCc1ccccc1)C1CCC(C[As]c2ncnc3[nH]ncc23)CC1. The summed E-state index contributed by atoms with van der Waals surface area (Å²) < 4.78 is 1.19. The zero-order chi connectivity index (χ0) is 18.5. The summed E-state index contributed by atoms with van der Waals surface area (Å²) in [6, 6.07) is 10.5. The molecule has 1 fully saturated rings. The van der Waals surface area contributed by atoms with E-state index in [2.05, 4.69) is 44.4 Å². The molecule has 0 aliphatic heterocycles. The zero-order valence-corrected chi connectivity index (χ0v) is 17.3. The first-order valence-electron chi connectivity index (χ1n) is 9.83. The number of hydrogen-bond acceptors (Lipinski definition) is 4. The first-order chi connectivity index (χ1) is 13.3. The number of aryl methyl sites for hydroxylation is 1. The minimum atomic E-state index is -0.160. The van der Waals surface area contributed by atoms with Gasteiger partial charge in [-0.2, -0.15) is 0 Å².